The van der Waals surface area contributed by atoms with Crippen molar-refractivity contribution in [2.45, 2.75) is 25.4 Å². The van der Waals surface area contributed by atoms with Gasteiger partial charge in [0.1, 0.15) is 11.6 Å². The van der Waals surface area contributed by atoms with E-state index in [9.17, 15) is 18.3 Å². The van der Waals surface area contributed by atoms with E-state index in [1.54, 1.807) is 6.92 Å². The lowest BCUT2D eigenvalue weighted by Gasteiger charge is -2.44. The zero-order chi connectivity index (χ0) is 23.8. The van der Waals surface area contributed by atoms with E-state index in [0.717, 1.165) is 62.6 Å². The first-order chi connectivity index (χ1) is 16.4. The van der Waals surface area contributed by atoms with Crippen LogP contribution in [0.3, 0.4) is 0 Å². The lowest BCUT2D eigenvalue weighted by molar-refractivity contribution is -0.0116. The maximum Gasteiger partial charge on any atom is 0.266 e. The lowest BCUT2D eigenvalue weighted by atomic mass is 10.0. The van der Waals surface area contributed by atoms with Crippen LogP contribution in [-0.4, -0.2) is 65.6 Å². The molecule has 0 unspecified atom stereocenters. The van der Waals surface area contributed by atoms with Gasteiger partial charge in [0.05, 0.1) is 48.3 Å². The molecular weight excluding hydrogens is 447 g/mol. The van der Waals surface area contributed by atoms with E-state index < -0.39 is 29.6 Å². The Bertz CT molecular complexity index is 1190. The van der Waals surface area contributed by atoms with Crippen molar-refractivity contribution in [2.75, 3.05) is 49.6 Å². The molecule has 180 valence electrons. The normalized spacial score (nSPS) is 19.9. The molecule has 0 radical (unpaired) electrons. The van der Waals surface area contributed by atoms with Gasteiger partial charge in [0.25, 0.3) is 6.43 Å². The summed E-state index contributed by atoms with van der Waals surface area (Å²) in [7, 11) is 0. The minimum absolute atomic E-state index is 0.0511. The molecular formula is C24H26F3N5O2. The minimum atomic E-state index is -3.03. The number of piperazine rings is 1. The Kier molecular flexibility index (Phi) is 6.18. The van der Waals surface area contributed by atoms with Crippen LogP contribution < -0.4 is 10.2 Å². The molecule has 3 aromatic rings. The number of alkyl halides is 2. The molecule has 2 saturated heterocycles. The van der Waals surface area contributed by atoms with Crippen molar-refractivity contribution in [1.82, 2.24) is 15.1 Å². The maximum absolute atomic E-state index is 14.7. The van der Waals surface area contributed by atoms with Crippen molar-refractivity contribution in [1.29, 1.82) is 0 Å². The number of ether oxygens (including phenoxy) is 1. The van der Waals surface area contributed by atoms with E-state index in [0.29, 0.717) is 17.2 Å². The Labute approximate surface area is 195 Å². The fraction of sp³-hybridized carbons (Fsp3) is 0.417. The van der Waals surface area contributed by atoms with Gasteiger partial charge in [-0.25, -0.2) is 13.2 Å². The number of hydrogen-bond acceptors (Lipinski definition) is 7. The molecule has 10 heteroatoms. The van der Waals surface area contributed by atoms with Crippen LogP contribution >= 0.6 is 0 Å². The second kappa shape index (κ2) is 9.27. The van der Waals surface area contributed by atoms with Gasteiger partial charge >= 0.3 is 0 Å². The SMILES string of the molecule is C[C@@H](Nc1cnnc2ccc(N3CCN4CCOC[C@@H]4C3)cc12)c1cc(O)cc(C(F)F)c1F. The van der Waals surface area contributed by atoms with Crippen LogP contribution in [0.2, 0.25) is 0 Å². The van der Waals surface area contributed by atoms with Crippen LogP contribution in [0.1, 0.15) is 30.5 Å². The molecule has 2 aromatic carbocycles. The lowest BCUT2D eigenvalue weighted by Crippen LogP contribution is -2.58. The quantitative estimate of drug-likeness (QED) is 0.578. The number of benzene rings is 2. The highest BCUT2D eigenvalue weighted by Crippen LogP contribution is 2.34. The molecule has 0 amide bonds. The Morgan fingerprint density at radius 3 is 2.79 bits per heavy atom. The van der Waals surface area contributed by atoms with Crippen LogP contribution in [0.4, 0.5) is 24.5 Å². The number of phenols is 1. The van der Waals surface area contributed by atoms with Gasteiger partial charge in [-0.15, -0.1) is 0 Å². The number of halogens is 3. The highest BCUT2D eigenvalue weighted by atomic mass is 19.3. The summed E-state index contributed by atoms with van der Waals surface area (Å²) in [5.41, 5.74) is 1.41. The van der Waals surface area contributed by atoms with Crippen molar-refractivity contribution in [3.63, 3.8) is 0 Å². The predicted molar refractivity (Wildman–Crippen MR) is 123 cm³/mol. The smallest absolute Gasteiger partial charge is 0.266 e. The third-order valence-corrected chi connectivity index (χ3v) is 6.61. The Hall–Kier alpha value is -3.11. The second-order valence-electron chi connectivity index (χ2n) is 8.78. The average Bonchev–Trinajstić information content (AvgIpc) is 2.84. The predicted octanol–water partition coefficient (Wildman–Crippen LogP) is 4.11. The summed E-state index contributed by atoms with van der Waals surface area (Å²) >= 11 is 0. The molecule has 0 spiro atoms. The standard InChI is InChI=1S/C24H26F3N5O2/c1-14(18-9-17(33)10-20(23(18)25)24(26)27)29-22-11-28-30-21-3-2-15(8-19(21)22)32-5-4-31-6-7-34-13-16(31)12-32/h2-3,8-11,14,16,24,33H,4-7,12-13H2,1H3,(H,29,30)/t14-,16+/m1/s1. The first-order valence-corrected chi connectivity index (χ1v) is 11.3. The number of aromatic hydroxyl groups is 1. The van der Waals surface area contributed by atoms with E-state index in [2.05, 4.69) is 25.3 Å². The summed E-state index contributed by atoms with van der Waals surface area (Å²) in [6.45, 7) is 6.81. The van der Waals surface area contributed by atoms with E-state index in [-0.39, 0.29) is 5.56 Å². The van der Waals surface area contributed by atoms with Gasteiger partial charge in [-0.1, -0.05) is 0 Å². The van der Waals surface area contributed by atoms with Crippen LogP contribution in [0.15, 0.2) is 36.5 Å². The first-order valence-electron chi connectivity index (χ1n) is 11.3. The van der Waals surface area contributed by atoms with Crippen LogP contribution in [0.25, 0.3) is 10.9 Å². The Morgan fingerprint density at radius 1 is 1.15 bits per heavy atom. The molecule has 0 saturated carbocycles. The summed E-state index contributed by atoms with van der Waals surface area (Å²) < 4.78 is 46.8. The van der Waals surface area contributed by atoms with Gasteiger partial charge in [-0.05, 0) is 37.3 Å². The van der Waals surface area contributed by atoms with Crippen LogP contribution in [0, 0.1) is 5.82 Å². The molecule has 1 aromatic heterocycles. The van der Waals surface area contributed by atoms with Gasteiger partial charge in [-0.2, -0.15) is 10.2 Å². The third-order valence-electron chi connectivity index (χ3n) is 6.61. The van der Waals surface area contributed by atoms with Gasteiger partial charge in [0, 0.05) is 42.8 Å². The zero-order valence-electron chi connectivity index (χ0n) is 18.7. The summed E-state index contributed by atoms with van der Waals surface area (Å²) in [4.78, 5) is 4.77. The molecule has 5 rings (SSSR count). The number of rotatable bonds is 5. The minimum Gasteiger partial charge on any atom is -0.508 e. The van der Waals surface area contributed by atoms with Crippen molar-refractivity contribution in [2.24, 2.45) is 0 Å². The molecule has 34 heavy (non-hydrogen) atoms. The van der Waals surface area contributed by atoms with Gasteiger partial charge in [-0.3, -0.25) is 4.90 Å². The molecule has 2 aliphatic rings. The molecule has 2 N–H and O–H groups in total. The summed E-state index contributed by atoms with van der Waals surface area (Å²) in [5.74, 6) is -1.45. The van der Waals surface area contributed by atoms with Crippen molar-refractivity contribution < 1.29 is 23.0 Å². The average molecular weight is 473 g/mol. The molecule has 7 nitrogen and oxygen atoms in total. The monoisotopic (exact) mass is 473 g/mol. The second-order valence-corrected chi connectivity index (χ2v) is 8.78. The van der Waals surface area contributed by atoms with Crippen LogP contribution in [-0.2, 0) is 4.74 Å². The zero-order valence-corrected chi connectivity index (χ0v) is 18.7. The van der Waals surface area contributed by atoms with E-state index in [1.165, 1.54) is 6.20 Å². The van der Waals surface area contributed by atoms with E-state index >= 15 is 0 Å². The number of anilines is 2. The molecule has 2 aliphatic heterocycles. The number of fused-ring (bicyclic) bond motifs is 2. The van der Waals surface area contributed by atoms with E-state index in [4.69, 9.17) is 4.74 Å². The number of aromatic nitrogens is 2. The van der Waals surface area contributed by atoms with Crippen molar-refractivity contribution in [3.8, 4) is 5.75 Å². The summed E-state index contributed by atoms with van der Waals surface area (Å²) in [6.07, 6.45) is -1.50. The summed E-state index contributed by atoms with van der Waals surface area (Å²) in [6, 6.07) is 7.47. The molecule has 2 fully saturated rings. The largest absolute Gasteiger partial charge is 0.508 e. The fourth-order valence-corrected chi connectivity index (χ4v) is 4.78. The van der Waals surface area contributed by atoms with Crippen LogP contribution in [0.5, 0.6) is 5.75 Å². The Balaban J connectivity index is 1.43. The summed E-state index contributed by atoms with van der Waals surface area (Å²) in [5, 5.41) is 22.0. The Morgan fingerprint density at radius 2 is 1.97 bits per heavy atom. The van der Waals surface area contributed by atoms with Crippen molar-refractivity contribution >= 4 is 22.3 Å². The molecule has 0 bridgehead atoms. The van der Waals surface area contributed by atoms with Gasteiger partial charge in [0.2, 0.25) is 0 Å². The number of phenolic OH excluding ortho intramolecular Hbond substituents is 1. The van der Waals surface area contributed by atoms with E-state index in [1.807, 2.05) is 18.2 Å². The molecule has 3 heterocycles. The highest BCUT2D eigenvalue weighted by molar-refractivity contribution is 5.93. The number of morpholine rings is 1. The van der Waals surface area contributed by atoms with Gasteiger partial charge < -0.3 is 20.1 Å². The molecule has 2 atom stereocenters. The first kappa shape index (κ1) is 22.7. The number of nitrogens with zero attached hydrogens (tertiary/aromatic N) is 4. The fourth-order valence-electron chi connectivity index (χ4n) is 4.78. The molecule has 0 aliphatic carbocycles. The highest BCUT2D eigenvalue weighted by Gasteiger charge is 2.30. The number of nitrogens with one attached hydrogen (secondary N) is 1. The van der Waals surface area contributed by atoms with Gasteiger partial charge in [0.15, 0.2) is 0 Å². The number of hydrogen-bond donors (Lipinski definition) is 2. The third kappa shape index (κ3) is 4.35. The van der Waals surface area contributed by atoms with Crippen molar-refractivity contribution in [3.05, 3.63) is 53.5 Å². The maximum atomic E-state index is 14.7. The topological polar surface area (TPSA) is 73.8 Å².